The number of hydrogen-bond acceptors (Lipinski definition) is 6. The lowest BCUT2D eigenvalue weighted by molar-refractivity contribution is -0.384. The first kappa shape index (κ1) is 15.9. The van der Waals surface area contributed by atoms with Gasteiger partial charge in [-0.15, -0.1) is 0 Å². The van der Waals surface area contributed by atoms with Crippen LogP contribution in [0.1, 0.15) is 18.6 Å². The maximum absolute atomic E-state index is 11.2. The molecular formula is C12H16N2O6. The number of nitro benzene ring substituents is 1. The van der Waals surface area contributed by atoms with Crippen LogP contribution in [0.4, 0.5) is 10.5 Å². The lowest BCUT2D eigenvalue weighted by Gasteiger charge is -2.22. The van der Waals surface area contributed by atoms with Crippen LogP contribution < -0.4 is 5.32 Å². The van der Waals surface area contributed by atoms with E-state index in [4.69, 9.17) is 0 Å². The Labute approximate surface area is 115 Å². The summed E-state index contributed by atoms with van der Waals surface area (Å²) in [6.45, 7) is 1.29. The molecule has 1 amide bonds. The van der Waals surface area contributed by atoms with Crippen LogP contribution >= 0.6 is 0 Å². The fourth-order valence-electron chi connectivity index (χ4n) is 1.57. The van der Waals surface area contributed by atoms with Crippen LogP contribution in [0.25, 0.3) is 0 Å². The number of aliphatic hydroxyl groups is 2. The molecule has 0 radical (unpaired) electrons. The SMILES string of the molecule is CCOC(=O)NC(CO)C(O)c1ccc([N+](=O)[O-])cc1. The van der Waals surface area contributed by atoms with Crippen molar-refractivity contribution in [2.75, 3.05) is 13.2 Å². The van der Waals surface area contributed by atoms with Crippen LogP contribution in [0.15, 0.2) is 24.3 Å². The van der Waals surface area contributed by atoms with Gasteiger partial charge in [-0.05, 0) is 24.6 Å². The summed E-state index contributed by atoms with van der Waals surface area (Å²) in [7, 11) is 0. The van der Waals surface area contributed by atoms with E-state index < -0.39 is 29.8 Å². The molecule has 0 aliphatic heterocycles. The van der Waals surface area contributed by atoms with Crippen molar-refractivity contribution in [3.05, 3.63) is 39.9 Å². The maximum Gasteiger partial charge on any atom is 0.407 e. The van der Waals surface area contributed by atoms with Crippen LogP contribution in [0, 0.1) is 10.1 Å². The molecule has 3 N–H and O–H groups in total. The van der Waals surface area contributed by atoms with Gasteiger partial charge in [0.25, 0.3) is 5.69 Å². The highest BCUT2D eigenvalue weighted by Gasteiger charge is 2.23. The van der Waals surface area contributed by atoms with Gasteiger partial charge in [0.1, 0.15) is 6.10 Å². The van der Waals surface area contributed by atoms with Gasteiger partial charge in [0.05, 0.1) is 24.2 Å². The quantitative estimate of drug-likeness (QED) is 0.523. The third kappa shape index (κ3) is 4.18. The Morgan fingerprint density at radius 2 is 2.05 bits per heavy atom. The van der Waals surface area contributed by atoms with Crippen molar-refractivity contribution in [1.29, 1.82) is 0 Å². The van der Waals surface area contributed by atoms with E-state index in [0.717, 1.165) is 0 Å². The maximum atomic E-state index is 11.2. The Morgan fingerprint density at radius 1 is 1.45 bits per heavy atom. The lowest BCUT2D eigenvalue weighted by Crippen LogP contribution is -2.42. The van der Waals surface area contributed by atoms with Gasteiger partial charge in [0.2, 0.25) is 0 Å². The zero-order valence-electron chi connectivity index (χ0n) is 10.9. The summed E-state index contributed by atoms with van der Waals surface area (Å²) < 4.78 is 4.65. The molecule has 0 aromatic heterocycles. The molecule has 0 fully saturated rings. The second-order valence-corrected chi connectivity index (χ2v) is 3.95. The highest BCUT2D eigenvalue weighted by Crippen LogP contribution is 2.20. The Bertz CT molecular complexity index is 462. The molecule has 8 heteroatoms. The van der Waals surface area contributed by atoms with Gasteiger partial charge in [-0.25, -0.2) is 4.79 Å². The monoisotopic (exact) mass is 284 g/mol. The zero-order valence-corrected chi connectivity index (χ0v) is 10.9. The van der Waals surface area contributed by atoms with E-state index in [1.807, 2.05) is 0 Å². The average molecular weight is 284 g/mol. The number of benzene rings is 1. The molecule has 0 aliphatic rings. The van der Waals surface area contributed by atoms with E-state index in [0.29, 0.717) is 5.56 Å². The van der Waals surface area contributed by atoms with Gasteiger partial charge in [0.15, 0.2) is 0 Å². The molecule has 0 saturated carbocycles. The number of nitrogens with zero attached hydrogens (tertiary/aromatic N) is 1. The number of non-ortho nitro benzene ring substituents is 1. The van der Waals surface area contributed by atoms with E-state index in [1.54, 1.807) is 6.92 Å². The third-order valence-electron chi connectivity index (χ3n) is 2.60. The Balaban J connectivity index is 2.77. The number of amides is 1. The number of alkyl carbamates (subject to hydrolysis) is 1. The summed E-state index contributed by atoms with van der Waals surface area (Å²) in [5.74, 6) is 0. The van der Waals surface area contributed by atoms with Crippen LogP contribution in [0.2, 0.25) is 0 Å². The number of rotatable bonds is 6. The van der Waals surface area contributed by atoms with Gasteiger partial charge in [0, 0.05) is 12.1 Å². The summed E-state index contributed by atoms with van der Waals surface area (Å²) in [5, 5.41) is 32.0. The molecule has 1 aromatic carbocycles. The zero-order chi connectivity index (χ0) is 15.1. The summed E-state index contributed by atoms with van der Waals surface area (Å²) in [6, 6.07) is 4.22. The summed E-state index contributed by atoms with van der Waals surface area (Å²) >= 11 is 0. The molecule has 0 bridgehead atoms. The van der Waals surface area contributed by atoms with Crippen LogP contribution in [0.3, 0.4) is 0 Å². The van der Waals surface area contributed by atoms with Crippen molar-refractivity contribution < 1.29 is 24.7 Å². The molecule has 2 unspecified atom stereocenters. The van der Waals surface area contributed by atoms with Crippen molar-refractivity contribution in [1.82, 2.24) is 5.32 Å². The largest absolute Gasteiger partial charge is 0.450 e. The molecule has 0 heterocycles. The Hall–Kier alpha value is -2.19. The molecular weight excluding hydrogens is 268 g/mol. The number of hydrogen-bond donors (Lipinski definition) is 3. The van der Waals surface area contributed by atoms with Gasteiger partial charge in [-0.1, -0.05) is 0 Å². The molecule has 2 atom stereocenters. The fourth-order valence-corrected chi connectivity index (χ4v) is 1.57. The molecule has 0 aliphatic carbocycles. The third-order valence-corrected chi connectivity index (χ3v) is 2.60. The van der Waals surface area contributed by atoms with Crippen molar-refractivity contribution in [2.24, 2.45) is 0 Å². The van der Waals surface area contributed by atoms with E-state index in [2.05, 4.69) is 10.1 Å². The Morgan fingerprint density at radius 3 is 2.50 bits per heavy atom. The number of carbonyl (C=O) groups excluding carboxylic acids is 1. The molecule has 8 nitrogen and oxygen atoms in total. The number of nitro groups is 1. The summed E-state index contributed by atoms with van der Waals surface area (Å²) in [6.07, 6.45) is -1.96. The van der Waals surface area contributed by atoms with Crippen molar-refractivity contribution in [3.63, 3.8) is 0 Å². The second-order valence-electron chi connectivity index (χ2n) is 3.95. The smallest absolute Gasteiger partial charge is 0.407 e. The minimum absolute atomic E-state index is 0.111. The number of aliphatic hydroxyl groups excluding tert-OH is 2. The molecule has 1 rings (SSSR count). The minimum atomic E-state index is -1.20. The minimum Gasteiger partial charge on any atom is -0.450 e. The van der Waals surface area contributed by atoms with E-state index in [9.17, 15) is 25.1 Å². The highest BCUT2D eigenvalue weighted by molar-refractivity contribution is 5.67. The van der Waals surface area contributed by atoms with Gasteiger partial charge < -0.3 is 20.3 Å². The fraction of sp³-hybridized carbons (Fsp3) is 0.417. The first-order valence-corrected chi connectivity index (χ1v) is 5.96. The predicted octanol–water partition coefficient (Wildman–Crippen LogP) is 0.735. The first-order chi connectivity index (χ1) is 9.49. The van der Waals surface area contributed by atoms with Crippen molar-refractivity contribution in [2.45, 2.75) is 19.1 Å². The van der Waals surface area contributed by atoms with Crippen molar-refractivity contribution in [3.8, 4) is 0 Å². The molecule has 20 heavy (non-hydrogen) atoms. The normalized spacial score (nSPS) is 13.3. The molecule has 110 valence electrons. The number of carbonyl (C=O) groups is 1. The van der Waals surface area contributed by atoms with Crippen molar-refractivity contribution >= 4 is 11.8 Å². The van der Waals surface area contributed by atoms with Crippen LogP contribution in [-0.2, 0) is 4.74 Å². The van der Waals surface area contributed by atoms with Gasteiger partial charge >= 0.3 is 6.09 Å². The average Bonchev–Trinajstić information content (AvgIpc) is 2.44. The van der Waals surface area contributed by atoms with Crippen LogP contribution in [-0.4, -0.2) is 40.5 Å². The predicted molar refractivity (Wildman–Crippen MR) is 69.1 cm³/mol. The lowest BCUT2D eigenvalue weighted by atomic mass is 10.0. The topological polar surface area (TPSA) is 122 Å². The Kier molecular flexibility index (Phi) is 5.88. The number of ether oxygens (including phenoxy) is 1. The van der Waals surface area contributed by atoms with Crippen LogP contribution in [0.5, 0.6) is 0 Å². The van der Waals surface area contributed by atoms with E-state index in [-0.39, 0.29) is 12.3 Å². The molecule has 1 aromatic rings. The summed E-state index contributed by atoms with van der Waals surface area (Å²) in [4.78, 5) is 21.2. The van der Waals surface area contributed by atoms with E-state index in [1.165, 1.54) is 24.3 Å². The number of nitrogens with one attached hydrogen (secondary N) is 1. The molecule has 0 saturated heterocycles. The second kappa shape index (κ2) is 7.41. The summed E-state index contributed by atoms with van der Waals surface area (Å²) in [5.41, 5.74) is 0.228. The van der Waals surface area contributed by atoms with Gasteiger partial charge in [-0.2, -0.15) is 0 Å². The first-order valence-electron chi connectivity index (χ1n) is 5.96. The standard InChI is InChI=1S/C12H16N2O6/c1-2-20-12(17)13-10(7-15)11(16)8-3-5-9(6-4-8)14(18)19/h3-6,10-11,15-16H,2,7H2,1H3,(H,13,17). The van der Waals surface area contributed by atoms with E-state index >= 15 is 0 Å². The highest BCUT2D eigenvalue weighted by atomic mass is 16.6. The van der Waals surface area contributed by atoms with Gasteiger partial charge in [-0.3, -0.25) is 10.1 Å². The molecule has 0 spiro atoms.